The summed E-state index contributed by atoms with van der Waals surface area (Å²) in [5, 5.41) is 60.3. The van der Waals surface area contributed by atoms with Gasteiger partial charge < -0.3 is 59.8 Å². The molecule has 3 aliphatic carbocycles. The normalized spacial score (nSPS) is 24.5. The maximum atomic E-state index is 14.6. The van der Waals surface area contributed by atoms with Crippen molar-refractivity contribution in [2.75, 3.05) is 20.8 Å². The van der Waals surface area contributed by atoms with Crippen LogP contribution < -0.4 is 10.1 Å². The zero-order chi connectivity index (χ0) is 58.7. The number of amides is 1. The number of aliphatic hydroxyl groups is 3. The number of hydrogen-bond donors (Lipinski definition) is 8. The number of carbonyl (C=O) groups is 6. The van der Waals surface area contributed by atoms with Gasteiger partial charge in [0.05, 0.1) is 71.8 Å². The van der Waals surface area contributed by atoms with E-state index in [0.717, 1.165) is 44.7 Å². The highest BCUT2D eigenvalue weighted by molar-refractivity contribution is 6.31. The molecule has 5 aromatic rings. The van der Waals surface area contributed by atoms with Crippen molar-refractivity contribution in [3.05, 3.63) is 127 Å². The first-order chi connectivity index (χ1) is 39.1. The molecule has 426 valence electrons. The minimum absolute atomic E-state index is 0.0385. The third kappa shape index (κ3) is 8.60. The summed E-state index contributed by atoms with van der Waals surface area (Å²) in [5.74, 6) is -8.24. The Morgan fingerprint density at radius 1 is 0.915 bits per heavy atom. The number of aromatic amines is 2. The number of methoxy groups -OCH3 is 2. The standard InChI is InChI=1S/C62H63N5O15/c1-10-29-24(3)34-17-36-26(5)31(53(66-36)49-52(61(77)80-9)58(74)46-27(6)37(67-54(46)49)19-39-30(11-2)25(4)35(64-39)18-38(29)63-34)15-16-44(70)65-40-20-45(81-28(7)55(40)71)82-42-22-62(78,43(69)23-68)21-33-48(42)60(76)51-50(57(33)73)56(72)32-13-12-14-41(79-8)47(32)59(51)75/h10,12-14,17-19,26,28,31,40,42,45,52,55,63,67-68,71,73,76,78H,1,11,15-16,20-23H2,2-9H3,(H,65,70)/t26-,28+,31-,40?,42-,45+,52?,55-,62-/m0/s1. The van der Waals surface area contributed by atoms with E-state index < -0.39 is 125 Å². The number of ether oxygens (including phenoxy) is 4. The van der Waals surface area contributed by atoms with Crippen molar-refractivity contribution in [2.45, 2.75) is 134 Å². The Kier molecular flexibility index (Phi) is 14.1. The van der Waals surface area contributed by atoms with Gasteiger partial charge in [-0.2, -0.15) is 0 Å². The lowest BCUT2D eigenvalue weighted by Gasteiger charge is -2.43. The van der Waals surface area contributed by atoms with E-state index in [1.807, 2.05) is 45.9 Å². The Hall–Kier alpha value is -8.14. The molecule has 20 nitrogen and oxygen atoms in total. The highest BCUT2D eigenvalue weighted by Gasteiger charge is 2.51. The average Bonchev–Trinajstić information content (AvgIpc) is 3.64. The molecule has 2 unspecified atom stereocenters. The van der Waals surface area contributed by atoms with Gasteiger partial charge in [-0.05, 0) is 87.1 Å². The van der Waals surface area contributed by atoms with Crippen molar-refractivity contribution in [3.63, 3.8) is 0 Å². The number of fused-ring (bicyclic) bond motifs is 11. The maximum absolute atomic E-state index is 14.6. The SMILES string of the molecule is C=Cc1c(C)c2cc3nc(c4c5[nH]c(cc6nc(cc1[nH]2)C(C)=C6CC)c(C)c5C(=O)C4C(=O)OC)[C@@H](CCC(=O)NC1C[C@@H](O[C@H]2C[C@](O)(C(=O)CO)Cc4c(O)c5c(c(O)c42)C(=O)c2c(OC)cccc2C5=O)O[C@H](C)[C@@H]1O)[C@@H]3C. The molecular weight excluding hydrogens is 1050 g/mol. The van der Waals surface area contributed by atoms with Crippen molar-refractivity contribution in [2.24, 2.45) is 0 Å². The van der Waals surface area contributed by atoms with Gasteiger partial charge in [-0.15, -0.1) is 0 Å². The van der Waals surface area contributed by atoms with Gasteiger partial charge in [-0.3, -0.25) is 33.8 Å². The van der Waals surface area contributed by atoms with E-state index in [1.165, 1.54) is 39.3 Å². The van der Waals surface area contributed by atoms with Gasteiger partial charge in [0, 0.05) is 93.1 Å². The van der Waals surface area contributed by atoms with Gasteiger partial charge in [-0.25, -0.2) is 4.98 Å². The molecule has 20 heteroatoms. The number of H-pyrrole nitrogens is 2. The Labute approximate surface area is 470 Å². The van der Waals surface area contributed by atoms with Crippen LogP contribution in [0.5, 0.6) is 17.2 Å². The van der Waals surface area contributed by atoms with E-state index in [-0.39, 0.29) is 53.2 Å². The minimum atomic E-state index is -2.41. The number of aliphatic hydroxyl groups excluding tert-OH is 2. The van der Waals surface area contributed by atoms with Crippen molar-refractivity contribution in [1.29, 1.82) is 0 Å². The smallest absolute Gasteiger partial charge is 0.321 e. The van der Waals surface area contributed by atoms with Crippen LogP contribution >= 0.6 is 0 Å². The highest BCUT2D eigenvalue weighted by Crippen LogP contribution is 2.53. The summed E-state index contributed by atoms with van der Waals surface area (Å²) in [7, 11) is 2.53. The topological polar surface area (TPSA) is 310 Å². The van der Waals surface area contributed by atoms with Crippen LogP contribution in [0.25, 0.3) is 39.3 Å². The third-order valence-electron chi connectivity index (χ3n) is 17.7. The number of phenolic OH excluding ortho intramolecular Hbond substituents is 2. The number of esters is 1. The van der Waals surface area contributed by atoms with Crippen LogP contribution in [0.15, 0.2) is 43.0 Å². The molecule has 6 heterocycles. The molecule has 9 atom stereocenters. The molecule has 82 heavy (non-hydrogen) atoms. The van der Waals surface area contributed by atoms with Crippen molar-refractivity contribution in [1.82, 2.24) is 25.3 Å². The first-order valence-corrected chi connectivity index (χ1v) is 27.3. The van der Waals surface area contributed by atoms with Crippen LogP contribution in [0.4, 0.5) is 0 Å². The molecule has 6 aliphatic rings. The molecule has 1 fully saturated rings. The van der Waals surface area contributed by atoms with Gasteiger partial charge in [0.2, 0.25) is 11.7 Å². The lowest BCUT2D eigenvalue weighted by Crippen LogP contribution is -2.55. The van der Waals surface area contributed by atoms with E-state index in [4.69, 9.17) is 28.9 Å². The molecule has 8 N–H and O–H groups in total. The second-order valence-electron chi connectivity index (χ2n) is 22.1. The number of aromatic nitrogens is 4. The molecule has 0 spiro atoms. The molecule has 0 saturated carbocycles. The molecule has 3 aromatic heterocycles. The van der Waals surface area contributed by atoms with Crippen molar-refractivity contribution >= 4 is 74.3 Å². The Balaban J connectivity index is 0.930. The fourth-order valence-corrected chi connectivity index (χ4v) is 13.2. The monoisotopic (exact) mass is 1120 g/mol. The lowest BCUT2D eigenvalue weighted by molar-refractivity contribution is -0.249. The molecular formula is C62H63N5O15. The predicted octanol–water partition coefficient (Wildman–Crippen LogP) is 7.21. The molecule has 2 aromatic carbocycles. The molecule has 1 saturated heterocycles. The summed E-state index contributed by atoms with van der Waals surface area (Å²) >= 11 is 0. The molecule has 3 aliphatic heterocycles. The van der Waals surface area contributed by atoms with Crippen LogP contribution in [0.2, 0.25) is 0 Å². The molecule has 11 rings (SSSR count). The lowest BCUT2D eigenvalue weighted by atomic mass is 9.72. The Morgan fingerprint density at radius 3 is 2.33 bits per heavy atom. The number of aryl methyl sites for hydroxylation is 2. The summed E-state index contributed by atoms with van der Waals surface area (Å²) in [6.07, 6.45) is -4.23. The van der Waals surface area contributed by atoms with Gasteiger partial charge >= 0.3 is 5.97 Å². The molecule has 8 bridgehead atoms. The highest BCUT2D eigenvalue weighted by atomic mass is 16.7. The number of phenols is 2. The predicted molar refractivity (Wildman–Crippen MR) is 299 cm³/mol. The second-order valence-corrected chi connectivity index (χ2v) is 22.1. The van der Waals surface area contributed by atoms with E-state index in [9.17, 15) is 54.3 Å². The number of Topliss-reactive ketones (excluding diaryl/α,β-unsaturated/α-hetero) is 2. The van der Waals surface area contributed by atoms with Crippen LogP contribution in [0, 0.1) is 13.8 Å². The average molecular weight is 1120 g/mol. The first-order valence-electron chi connectivity index (χ1n) is 27.3. The van der Waals surface area contributed by atoms with Gasteiger partial charge in [0.15, 0.2) is 23.6 Å². The number of benzene rings is 2. The van der Waals surface area contributed by atoms with Gasteiger partial charge in [0.1, 0.15) is 41.5 Å². The number of aromatic hydroxyl groups is 2. The van der Waals surface area contributed by atoms with Crippen LogP contribution in [-0.4, -0.2) is 131 Å². The van der Waals surface area contributed by atoms with Crippen LogP contribution in [-0.2, 0) is 35.0 Å². The number of nitrogens with zero attached hydrogens (tertiary/aromatic N) is 2. The number of carbonyl (C=O) groups excluding carboxylic acids is 6. The number of allylic oxidation sites excluding steroid dienone is 2. The zero-order valence-corrected chi connectivity index (χ0v) is 46.5. The van der Waals surface area contributed by atoms with Gasteiger partial charge in [-0.1, -0.05) is 38.6 Å². The fraction of sp³-hybridized carbons (Fsp3) is 0.387. The zero-order valence-electron chi connectivity index (χ0n) is 46.5. The summed E-state index contributed by atoms with van der Waals surface area (Å²) in [5.41, 5.74) is 6.01. The molecule has 1 amide bonds. The summed E-state index contributed by atoms with van der Waals surface area (Å²) in [6.45, 7) is 14.4. The van der Waals surface area contributed by atoms with E-state index in [1.54, 1.807) is 6.08 Å². The van der Waals surface area contributed by atoms with E-state index in [2.05, 4.69) is 28.8 Å². The number of ketones is 4. The largest absolute Gasteiger partial charge is 0.507 e. The fourth-order valence-electron chi connectivity index (χ4n) is 13.2. The Morgan fingerprint density at radius 2 is 1.63 bits per heavy atom. The maximum Gasteiger partial charge on any atom is 0.321 e. The van der Waals surface area contributed by atoms with Crippen molar-refractivity contribution in [3.8, 4) is 17.2 Å². The number of nitrogens with one attached hydrogen (secondary N) is 3. The summed E-state index contributed by atoms with van der Waals surface area (Å²) < 4.78 is 23.2. The molecule has 0 radical (unpaired) electrons. The van der Waals surface area contributed by atoms with E-state index in [0.29, 0.717) is 45.5 Å². The van der Waals surface area contributed by atoms with Crippen molar-refractivity contribution < 1.29 is 73.2 Å². The van der Waals surface area contributed by atoms with Crippen LogP contribution in [0.3, 0.4) is 0 Å². The Bertz CT molecular complexity index is 3890. The minimum Gasteiger partial charge on any atom is -0.507 e. The number of rotatable bonds is 12. The van der Waals surface area contributed by atoms with Crippen LogP contribution in [0.1, 0.15) is 182 Å². The van der Waals surface area contributed by atoms with Gasteiger partial charge in [0.25, 0.3) is 0 Å². The summed E-state index contributed by atoms with van der Waals surface area (Å²) in [6, 6.07) is 9.12. The first kappa shape index (κ1) is 55.8. The number of hydrogen-bond acceptors (Lipinski definition) is 17. The second kappa shape index (κ2) is 20.7. The van der Waals surface area contributed by atoms with E-state index >= 15 is 0 Å². The summed E-state index contributed by atoms with van der Waals surface area (Å²) in [4.78, 5) is 102. The quantitative estimate of drug-likeness (QED) is 0.0341. The third-order valence-corrected chi connectivity index (χ3v) is 17.7.